The van der Waals surface area contributed by atoms with Crippen molar-refractivity contribution in [2.75, 3.05) is 13.2 Å². The molecule has 1 fully saturated rings. The van der Waals surface area contributed by atoms with Gasteiger partial charge in [-0.3, -0.25) is 19.7 Å². The maximum Gasteiger partial charge on any atom is 0.325 e. The lowest BCUT2D eigenvalue weighted by molar-refractivity contribution is -0.147. The van der Waals surface area contributed by atoms with Crippen molar-refractivity contribution in [3.63, 3.8) is 0 Å². The van der Waals surface area contributed by atoms with Gasteiger partial charge in [-0.1, -0.05) is 12.8 Å². The average molecular weight is 337 g/mol. The van der Waals surface area contributed by atoms with Crippen molar-refractivity contribution in [1.29, 1.82) is 0 Å². The molecule has 0 saturated heterocycles. The fourth-order valence-corrected chi connectivity index (χ4v) is 2.30. The SMILES string of the molecule is O=C(COC(=O)CNC(=O)c1ccco1)NC(=O)NC1CCCC1. The molecule has 3 N–H and O–H groups in total. The van der Waals surface area contributed by atoms with Crippen LogP contribution in [-0.2, 0) is 14.3 Å². The summed E-state index contributed by atoms with van der Waals surface area (Å²) in [6.07, 6.45) is 5.23. The standard InChI is InChI=1S/C15H19N3O6/c19-12(18-15(22)17-10-4-1-2-5-10)9-24-13(20)8-16-14(21)11-6-3-7-23-11/h3,6-7,10H,1-2,4-5,8-9H2,(H,16,21)(H2,17,18,19,22). The minimum atomic E-state index is -0.804. The van der Waals surface area contributed by atoms with Gasteiger partial charge in [-0.2, -0.15) is 0 Å². The Labute approximate surface area is 138 Å². The van der Waals surface area contributed by atoms with Crippen LogP contribution in [0.3, 0.4) is 0 Å². The molecular weight excluding hydrogens is 318 g/mol. The third-order valence-electron chi connectivity index (χ3n) is 3.45. The second-order valence-electron chi connectivity index (χ2n) is 5.32. The molecule has 1 aromatic heterocycles. The van der Waals surface area contributed by atoms with Gasteiger partial charge in [0.1, 0.15) is 6.54 Å². The number of esters is 1. The molecule has 0 spiro atoms. The van der Waals surface area contributed by atoms with E-state index in [4.69, 9.17) is 4.42 Å². The van der Waals surface area contributed by atoms with Gasteiger partial charge in [0.2, 0.25) is 0 Å². The molecule has 1 aliphatic rings. The average Bonchev–Trinajstić information content (AvgIpc) is 3.23. The fraction of sp³-hybridized carbons (Fsp3) is 0.467. The lowest BCUT2D eigenvalue weighted by Crippen LogP contribution is -2.45. The van der Waals surface area contributed by atoms with Crippen molar-refractivity contribution >= 4 is 23.8 Å². The summed E-state index contributed by atoms with van der Waals surface area (Å²) >= 11 is 0. The first kappa shape index (κ1) is 17.5. The highest BCUT2D eigenvalue weighted by Crippen LogP contribution is 2.17. The number of carbonyl (C=O) groups excluding carboxylic acids is 4. The topological polar surface area (TPSA) is 127 Å². The summed E-state index contributed by atoms with van der Waals surface area (Å²) in [4.78, 5) is 46.0. The molecule has 1 aromatic rings. The zero-order valence-electron chi connectivity index (χ0n) is 13.0. The lowest BCUT2D eigenvalue weighted by Gasteiger charge is -2.12. The van der Waals surface area contributed by atoms with Crippen LogP contribution in [-0.4, -0.2) is 43.0 Å². The van der Waals surface area contributed by atoms with Crippen LogP contribution in [0.25, 0.3) is 0 Å². The van der Waals surface area contributed by atoms with Crippen molar-refractivity contribution in [3.05, 3.63) is 24.2 Å². The van der Waals surface area contributed by atoms with Crippen molar-refractivity contribution in [3.8, 4) is 0 Å². The molecule has 0 aliphatic heterocycles. The summed E-state index contributed by atoms with van der Waals surface area (Å²) in [5.41, 5.74) is 0. The van der Waals surface area contributed by atoms with Crippen molar-refractivity contribution < 1.29 is 28.3 Å². The summed E-state index contributed by atoms with van der Waals surface area (Å²) in [6, 6.07) is 2.46. The smallest absolute Gasteiger partial charge is 0.325 e. The Morgan fingerprint density at radius 2 is 1.96 bits per heavy atom. The number of amides is 4. The van der Waals surface area contributed by atoms with Crippen LogP contribution >= 0.6 is 0 Å². The van der Waals surface area contributed by atoms with Gasteiger partial charge >= 0.3 is 12.0 Å². The van der Waals surface area contributed by atoms with E-state index in [0.717, 1.165) is 25.7 Å². The molecule has 130 valence electrons. The summed E-state index contributed by atoms with van der Waals surface area (Å²) in [5.74, 6) is -2.06. The molecule has 9 heteroatoms. The maximum absolute atomic E-state index is 11.5. The van der Waals surface area contributed by atoms with Crippen molar-refractivity contribution in [2.24, 2.45) is 0 Å². The Hall–Kier alpha value is -2.84. The zero-order valence-corrected chi connectivity index (χ0v) is 13.0. The summed E-state index contributed by atoms with van der Waals surface area (Å²) < 4.78 is 9.52. The molecule has 1 saturated carbocycles. The number of nitrogens with one attached hydrogen (secondary N) is 3. The van der Waals surface area contributed by atoms with E-state index in [2.05, 4.69) is 20.7 Å². The molecule has 0 bridgehead atoms. The minimum Gasteiger partial charge on any atom is -0.459 e. The maximum atomic E-state index is 11.5. The second kappa shape index (κ2) is 8.70. The van der Waals surface area contributed by atoms with Crippen LogP contribution in [0.4, 0.5) is 4.79 Å². The lowest BCUT2D eigenvalue weighted by atomic mass is 10.2. The molecule has 9 nitrogen and oxygen atoms in total. The third kappa shape index (κ3) is 5.75. The van der Waals surface area contributed by atoms with Gasteiger partial charge in [-0.05, 0) is 25.0 Å². The van der Waals surface area contributed by atoms with E-state index < -0.39 is 37.0 Å². The van der Waals surface area contributed by atoms with E-state index in [1.54, 1.807) is 0 Å². The second-order valence-corrected chi connectivity index (χ2v) is 5.32. The molecule has 1 aliphatic carbocycles. The largest absolute Gasteiger partial charge is 0.459 e. The summed E-state index contributed by atoms with van der Waals surface area (Å²) in [6.45, 7) is -1.02. The Morgan fingerprint density at radius 3 is 2.62 bits per heavy atom. The molecule has 24 heavy (non-hydrogen) atoms. The monoisotopic (exact) mass is 337 g/mol. The van der Waals surface area contributed by atoms with E-state index >= 15 is 0 Å². The van der Waals surface area contributed by atoms with Crippen LogP contribution in [0.15, 0.2) is 22.8 Å². The number of carbonyl (C=O) groups is 4. The molecule has 0 radical (unpaired) electrons. The van der Waals surface area contributed by atoms with Crippen LogP contribution in [0.5, 0.6) is 0 Å². The number of urea groups is 1. The Morgan fingerprint density at radius 1 is 1.21 bits per heavy atom. The van der Waals surface area contributed by atoms with Gasteiger partial charge in [-0.15, -0.1) is 0 Å². The molecule has 0 aromatic carbocycles. The number of rotatable bonds is 6. The van der Waals surface area contributed by atoms with Gasteiger partial charge in [0.25, 0.3) is 11.8 Å². The Kier molecular flexibility index (Phi) is 6.35. The van der Waals surface area contributed by atoms with E-state index in [1.165, 1.54) is 18.4 Å². The van der Waals surface area contributed by atoms with Crippen LogP contribution in [0.2, 0.25) is 0 Å². The highest BCUT2D eigenvalue weighted by atomic mass is 16.5. The molecular formula is C15H19N3O6. The van der Waals surface area contributed by atoms with Gasteiger partial charge in [-0.25, -0.2) is 4.79 Å². The summed E-state index contributed by atoms with van der Waals surface area (Å²) in [7, 11) is 0. The number of hydrogen-bond acceptors (Lipinski definition) is 6. The van der Waals surface area contributed by atoms with E-state index in [1.807, 2.05) is 0 Å². The molecule has 0 unspecified atom stereocenters. The summed E-state index contributed by atoms with van der Waals surface area (Å²) in [5, 5.41) is 7.03. The first-order chi connectivity index (χ1) is 11.5. The number of hydrogen-bond donors (Lipinski definition) is 3. The molecule has 2 rings (SSSR count). The Bertz CT molecular complexity index is 592. The molecule has 1 heterocycles. The van der Waals surface area contributed by atoms with E-state index in [9.17, 15) is 19.2 Å². The van der Waals surface area contributed by atoms with Gasteiger partial charge < -0.3 is 19.8 Å². The van der Waals surface area contributed by atoms with Gasteiger partial charge in [0.05, 0.1) is 6.26 Å². The predicted octanol–water partition coefficient (Wildman–Crippen LogP) is 0.321. The number of ether oxygens (including phenoxy) is 1. The fourth-order valence-electron chi connectivity index (χ4n) is 2.30. The Balaban J connectivity index is 1.59. The molecule has 4 amide bonds. The third-order valence-corrected chi connectivity index (χ3v) is 3.45. The first-order valence-corrected chi connectivity index (χ1v) is 7.62. The molecule has 0 atom stereocenters. The van der Waals surface area contributed by atoms with Gasteiger partial charge in [0.15, 0.2) is 12.4 Å². The van der Waals surface area contributed by atoms with E-state index in [-0.39, 0.29) is 11.8 Å². The number of furan rings is 1. The normalized spacial score (nSPS) is 14.0. The van der Waals surface area contributed by atoms with Crippen LogP contribution < -0.4 is 16.0 Å². The quantitative estimate of drug-likeness (QED) is 0.642. The predicted molar refractivity (Wildman–Crippen MR) is 80.9 cm³/mol. The minimum absolute atomic E-state index is 0.0594. The van der Waals surface area contributed by atoms with Crippen molar-refractivity contribution in [2.45, 2.75) is 31.7 Å². The van der Waals surface area contributed by atoms with Gasteiger partial charge in [0, 0.05) is 6.04 Å². The highest BCUT2D eigenvalue weighted by molar-refractivity contribution is 5.96. The van der Waals surface area contributed by atoms with Crippen LogP contribution in [0, 0.1) is 0 Å². The highest BCUT2D eigenvalue weighted by Gasteiger charge is 2.18. The number of imide groups is 1. The van der Waals surface area contributed by atoms with Crippen molar-refractivity contribution in [1.82, 2.24) is 16.0 Å². The van der Waals surface area contributed by atoms with Crippen LogP contribution in [0.1, 0.15) is 36.2 Å². The zero-order chi connectivity index (χ0) is 17.4. The first-order valence-electron chi connectivity index (χ1n) is 7.62. The van der Waals surface area contributed by atoms with E-state index in [0.29, 0.717) is 0 Å².